The molecule has 0 saturated heterocycles. The Bertz CT molecular complexity index is 912. The summed E-state index contributed by atoms with van der Waals surface area (Å²) in [6.07, 6.45) is 10.1. The number of nitrogens with zero attached hydrogens (tertiary/aromatic N) is 4. The van der Waals surface area contributed by atoms with Crippen molar-refractivity contribution in [3.63, 3.8) is 0 Å². The molecule has 0 radical (unpaired) electrons. The molecule has 1 aliphatic heterocycles. The van der Waals surface area contributed by atoms with E-state index in [1.807, 2.05) is 6.07 Å². The molecule has 0 bridgehead atoms. The second-order valence-electron chi connectivity index (χ2n) is 7.58. The molecule has 2 heterocycles. The van der Waals surface area contributed by atoms with Crippen LogP contribution in [0.5, 0.6) is 0 Å². The number of hydrogen-bond donors (Lipinski definition) is 2. The van der Waals surface area contributed by atoms with Crippen molar-refractivity contribution in [3.05, 3.63) is 29.1 Å². The smallest absolute Gasteiger partial charge is 0.270 e. The van der Waals surface area contributed by atoms with Gasteiger partial charge in [-0.05, 0) is 31.9 Å². The van der Waals surface area contributed by atoms with E-state index in [-0.39, 0.29) is 11.6 Å². The van der Waals surface area contributed by atoms with Gasteiger partial charge < -0.3 is 10.6 Å². The Balaban J connectivity index is 1.61. The van der Waals surface area contributed by atoms with Gasteiger partial charge in [0.15, 0.2) is 5.66 Å². The number of hydrogen-bond acceptors (Lipinski definition) is 6. The number of carbonyl (C=O) groups is 2. The van der Waals surface area contributed by atoms with Crippen LogP contribution >= 0.6 is 0 Å². The van der Waals surface area contributed by atoms with Crippen LogP contribution in [0.4, 0.5) is 0 Å². The Kier molecular flexibility index (Phi) is 5.93. The molecule has 150 valence electrons. The van der Waals surface area contributed by atoms with Crippen molar-refractivity contribution in [3.8, 4) is 18.4 Å². The highest BCUT2D eigenvalue weighted by molar-refractivity contribution is 5.98. The maximum atomic E-state index is 12.9. The molecule has 0 aromatic carbocycles. The van der Waals surface area contributed by atoms with E-state index in [4.69, 9.17) is 11.7 Å². The summed E-state index contributed by atoms with van der Waals surface area (Å²) < 4.78 is 0. The minimum absolute atomic E-state index is 0.193. The zero-order chi connectivity index (χ0) is 20.9. The fourth-order valence-electron chi connectivity index (χ4n) is 3.69. The molecule has 0 spiro atoms. The zero-order valence-corrected chi connectivity index (χ0v) is 16.5. The monoisotopic (exact) mass is 392 g/mol. The molecule has 1 fully saturated rings. The minimum Gasteiger partial charge on any atom is -0.354 e. The van der Waals surface area contributed by atoms with E-state index in [2.05, 4.69) is 31.8 Å². The van der Waals surface area contributed by atoms with E-state index in [1.54, 1.807) is 13.0 Å². The predicted molar refractivity (Wildman–Crippen MR) is 106 cm³/mol. The molecule has 8 heteroatoms. The van der Waals surface area contributed by atoms with Crippen LogP contribution < -0.4 is 10.6 Å². The number of aryl methyl sites for hydroxylation is 1. The molecule has 1 aromatic rings. The van der Waals surface area contributed by atoms with Crippen molar-refractivity contribution in [1.29, 1.82) is 5.26 Å². The third-order valence-corrected chi connectivity index (χ3v) is 5.55. The van der Waals surface area contributed by atoms with E-state index in [1.165, 1.54) is 6.07 Å². The number of terminal acetylenes is 1. The largest absolute Gasteiger partial charge is 0.354 e. The normalized spacial score (nSPS) is 17.8. The first-order chi connectivity index (χ1) is 13.9. The number of nitrogens with one attached hydrogen (secondary N) is 2. The summed E-state index contributed by atoms with van der Waals surface area (Å²) in [5, 5.41) is 23.0. The number of pyridine rings is 1. The Morgan fingerprint density at radius 3 is 2.55 bits per heavy atom. The molecule has 1 aliphatic carbocycles. The number of nitriles is 1. The third kappa shape index (κ3) is 4.60. The lowest BCUT2D eigenvalue weighted by Gasteiger charge is -2.29. The van der Waals surface area contributed by atoms with Crippen LogP contribution in [-0.4, -0.2) is 34.5 Å². The summed E-state index contributed by atoms with van der Waals surface area (Å²) in [5.74, 6) is 1.98. The minimum atomic E-state index is -0.940. The van der Waals surface area contributed by atoms with Crippen LogP contribution in [0.25, 0.3) is 0 Å². The summed E-state index contributed by atoms with van der Waals surface area (Å²) in [4.78, 5) is 29.9. The van der Waals surface area contributed by atoms with Gasteiger partial charge >= 0.3 is 0 Å². The van der Waals surface area contributed by atoms with Gasteiger partial charge in [0.1, 0.15) is 17.3 Å². The molecule has 2 amide bonds. The van der Waals surface area contributed by atoms with Crippen LogP contribution in [0.15, 0.2) is 22.4 Å². The van der Waals surface area contributed by atoms with Crippen molar-refractivity contribution in [1.82, 2.24) is 15.6 Å². The topological polar surface area (TPSA) is 120 Å². The second-order valence-corrected chi connectivity index (χ2v) is 7.58. The number of aromatic nitrogens is 1. The zero-order valence-electron chi connectivity index (χ0n) is 16.5. The second kappa shape index (κ2) is 8.40. The van der Waals surface area contributed by atoms with Gasteiger partial charge in [-0.2, -0.15) is 15.5 Å². The van der Waals surface area contributed by atoms with Gasteiger partial charge in [0.25, 0.3) is 5.91 Å². The summed E-state index contributed by atoms with van der Waals surface area (Å²) in [6.45, 7) is 2.10. The van der Waals surface area contributed by atoms with Crippen LogP contribution in [0.1, 0.15) is 66.7 Å². The molecular formula is C21H24N6O2. The number of carbonyl (C=O) groups excluding carboxylic acids is 2. The van der Waals surface area contributed by atoms with Gasteiger partial charge in [0.05, 0.1) is 11.3 Å². The lowest BCUT2D eigenvalue weighted by Crippen LogP contribution is -2.57. The van der Waals surface area contributed by atoms with Crippen molar-refractivity contribution in [2.75, 3.05) is 6.54 Å². The molecular weight excluding hydrogens is 368 g/mol. The highest BCUT2D eigenvalue weighted by atomic mass is 16.2. The quantitative estimate of drug-likeness (QED) is 0.660. The van der Waals surface area contributed by atoms with Crippen LogP contribution in [0, 0.1) is 30.6 Å². The van der Waals surface area contributed by atoms with Crippen molar-refractivity contribution in [2.45, 2.75) is 63.1 Å². The summed E-state index contributed by atoms with van der Waals surface area (Å²) >= 11 is 0. The highest BCUT2D eigenvalue weighted by Crippen LogP contribution is 2.36. The van der Waals surface area contributed by atoms with Crippen LogP contribution in [0.3, 0.4) is 0 Å². The first-order valence-electron chi connectivity index (χ1n) is 9.80. The summed E-state index contributed by atoms with van der Waals surface area (Å²) in [5.41, 5.74) is -0.284. The third-order valence-electron chi connectivity index (χ3n) is 5.55. The van der Waals surface area contributed by atoms with Gasteiger partial charge in [-0.1, -0.05) is 12.8 Å². The van der Waals surface area contributed by atoms with Gasteiger partial charge in [-0.25, -0.2) is 4.98 Å². The van der Waals surface area contributed by atoms with Gasteiger partial charge in [-0.3, -0.25) is 9.59 Å². The van der Waals surface area contributed by atoms with E-state index in [0.717, 1.165) is 12.8 Å². The first-order valence-corrected chi connectivity index (χ1v) is 9.80. The summed E-state index contributed by atoms with van der Waals surface area (Å²) in [7, 11) is 0. The van der Waals surface area contributed by atoms with Gasteiger partial charge in [0.2, 0.25) is 5.91 Å². The molecule has 1 saturated carbocycles. The highest BCUT2D eigenvalue weighted by Gasteiger charge is 2.44. The number of amides is 2. The average Bonchev–Trinajstić information content (AvgIpc) is 3.32. The Labute approximate surface area is 170 Å². The SMILES string of the molecule is C#CCCC1(CCNC(=O)C2(NC(=O)c3ccc(C#N)c(C)n3)CCCC2)N=N1. The Hall–Kier alpha value is -3.26. The Morgan fingerprint density at radius 2 is 1.97 bits per heavy atom. The fraction of sp³-hybridized carbons (Fsp3) is 0.524. The predicted octanol–water partition coefficient (Wildman–Crippen LogP) is 2.39. The lowest BCUT2D eigenvalue weighted by atomic mass is 9.95. The van der Waals surface area contributed by atoms with E-state index in [0.29, 0.717) is 49.9 Å². The van der Waals surface area contributed by atoms with Gasteiger partial charge in [0, 0.05) is 25.8 Å². The van der Waals surface area contributed by atoms with E-state index < -0.39 is 17.1 Å². The van der Waals surface area contributed by atoms with Crippen molar-refractivity contribution >= 4 is 11.8 Å². The molecule has 0 unspecified atom stereocenters. The van der Waals surface area contributed by atoms with E-state index in [9.17, 15) is 9.59 Å². The maximum Gasteiger partial charge on any atom is 0.270 e. The first kappa shape index (κ1) is 20.5. The maximum absolute atomic E-state index is 12.9. The molecule has 3 rings (SSSR count). The van der Waals surface area contributed by atoms with Crippen molar-refractivity contribution in [2.24, 2.45) is 10.2 Å². The fourth-order valence-corrected chi connectivity index (χ4v) is 3.69. The molecule has 2 aliphatic rings. The Morgan fingerprint density at radius 1 is 1.24 bits per heavy atom. The van der Waals surface area contributed by atoms with Gasteiger partial charge in [-0.15, -0.1) is 12.3 Å². The molecule has 1 aromatic heterocycles. The summed E-state index contributed by atoms with van der Waals surface area (Å²) in [6, 6.07) is 5.10. The standard InChI is InChI=1S/C21H24N6O2/c1-3-4-11-21(26-27-21)12-13-23-19(29)20(9-5-6-10-20)25-18(28)17-8-7-16(14-22)15(2)24-17/h1,7-8H,4-6,9-13H2,2H3,(H,23,29)(H,25,28). The van der Waals surface area contributed by atoms with Crippen molar-refractivity contribution < 1.29 is 9.59 Å². The van der Waals surface area contributed by atoms with E-state index >= 15 is 0 Å². The van der Waals surface area contributed by atoms with Crippen LogP contribution in [-0.2, 0) is 4.79 Å². The van der Waals surface area contributed by atoms with Crippen LogP contribution in [0.2, 0.25) is 0 Å². The molecule has 8 nitrogen and oxygen atoms in total. The number of rotatable bonds is 8. The molecule has 0 atom stereocenters. The molecule has 29 heavy (non-hydrogen) atoms. The molecule has 2 N–H and O–H groups in total. The lowest BCUT2D eigenvalue weighted by molar-refractivity contribution is -0.127. The average molecular weight is 392 g/mol.